The number of ether oxygens (including phenoxy) is 2. The van der Waals surface area contributed by atoms with E-state index in [1.165, 1.54) is 7.11 Å². The number of carbonyl (C=O) groups is 1. The van der Waals surface area contributed by atoms with Gasteiger partial charge in [-0.1, -0.05) is 44.7 Å². The van der Waals surface area contributed by atoms with Crippen molar-refractivity contribution in [3.63, 3.8) is 0 Å². The number of allylic oxidation sites excluding steroid dienone is 2. The minimum absolute atomic E-state index is 0.0914. The smallest absolute Gasteiger partial charge is 0.343 e. The fraction of sp³-hybridized carbons (Fsp3) is 0.318. The minimum atomic E-state index is -0.397. The van der Waals surface area contributed by atoms with Crippen LogP contribution in [-0.2, 0) is 16.1 Å². The first-order valence-corrected chi connectivity index (χ1v) is 8.81. The molecule has 0 saturated heterocycles. The van der Waals surface area contributed by atoms with Crippen molar-refractivity contribution in [2.45, 2.75) is 34.2 Å². The number of hydrogen-bond donors (Lipinski definition) is 0. The van der Waals surface area contributed by atoms with Crippen molar-refractivity contribution in [1.29, 1.82) is 0 Å². The second kappa shape index (κ2) is 11.0. The zero-order chi connectivity index (χ0) is 19.5. The van der Waals surface area contributed by atoms with Gasteiger partial charge in [0.25, 0.3) is 0 Å². The first kappa shape index (κ1) is 21.3. The number of carbonyl (C=O) groups excluding carboxylic acids is 1. The van der Waals surface area contributed by atoms with Gasteiger partial charge in [-0.15, -0.1) is 0 Å². The van der Waals surface area contributed by atoms with Crippen LogP contribution in [-0.4, -0.2) is 24.3 Å². The Morgan fingerprint density at radius 1 is 1.27 bits per heavy atom. The summed E-state index contributed by atoms with van der Waals surface area (Å²) < 4.78 is 12.2. The largest absolute Gasteiger partial charge is 0.482 e. The Hall–Kier alpha value is -2.75. The van der Waals surface area contributed by atoms with E-state index in [1.807, 2.05) is 57.2 Å². The summed E-state index contributed by atoms with van der Waals surface area (Å²) in [5.74, 6) is 0.253. The topological polar surface area (TPSA) is 40.5 Å². The van der Waals surface area contributed by atoms with Gasteiger partial charge >= 0.3 is 5.97 Å². The van der Waals surface area contributed by atoms with Crippen LogP contribution in [0.15, 0.2) is 42.5 Å². The molecule has 2 aromatic rings. The average Bonchev–Trinajstić information content (AvgIpc) is 2.92. The van der Waals surface area contributed by atoms with E-state index in [9.17, 15) is 4.79 Å². The number of aromatic nitrogens is 1. The van der Waals surface area contributed by atoms with Gasteiger partial charge in [-0.25, -0.2) is 4.79 Å². The van der Waals surface area contributed by atoms with Crippen LogP contribution in [0.1, 0.15) is 32.0 Å². The fourth-order valence-corrected chi connectivity index (χ4v) is 2.48. The third kappa shape index (κ3) is 5.96. The fourth-order valence-electron chi connectivity index (χ4n) is 2.48. The number of rotatable bonds is 6. The number of nitrogens with zero attached hydrogens (tertiary/aromatic N) is 1. The van der Waals surface area contributed by atoms with Gasteiger partial charge in [-0.2, -0.15) is 0 Å². The van der Waals surface area contributed by atoms with Gasteiger partial charge in [0, 0.05) is 17.6 Å². The van der Waals surface area contributed by atoms with E-state index in [2.05, 4.69) is 34.9 Å². The van der Waals surface area contributed by atoms with Crippen molar-refractivity contribution in [2.75, 3.05) is 13.7 Å². The molecule has 0 radical (unpaired) electrons. The maximum Gasteiger partial charge on any atom is 0.343 e. The van der Waals surface area contributed by atoms with Gasteiger partial charge in [-0.3, -0.25) is 0 Å². The quantitative estimate of drug-likeness (QED) is 0.747. The molecule has 4 nitrogen and oxygen atoms in total. The van der Waals surface area contributed by atoms with E-state index < -0.39 is 5.97 Å². The normalized spacial score (nSPS) is 11.2. The molecule has 26 heavy (non-hydrogen) atoms. The predicted molar refractivity (Wildman–Crippen MR) is 108 cm³/mol. The van der Waals surface area contributed by atoms with Crippen LogP contribution in [0.5, 0.6) is 5.75 Å². The van der Waals surface area contributed by atoms with Crippen molar-refractivity contribution in [3.8, 4) is 5.75 Å². The molecule has 4 heteroatoms. The van der Waals surface area contributed by atoms with Crippen LogP contribution < -0.4 is 15.3 Å². The number of benzene rings is 1. The summed E-state index contributed by atoms with van der Waals surface area (Å²) in [4.78, 5) is 11.2. The molecule has 0 saturated carbocycles. The van der Waals surface area contributed by atoms with Gasteiger partial charge in [-0.05, 0) is 48.9 Å². The lowest BCUT2D eigenvalue weighted by molar-refractivity contribution is -0.142. The molecule has 1 aromatic carbocycles. The van der Waals surface area contributed by atoms with Crippen LogP contribution in [0, 0.1) is 6.92 Å². The molecule has 140 valence electrons. The molecule has 0 atom stereocenters. The number of esters is 1. The molecular formula is C22H29NO3. The second-order valence-corrected chi connectivity index (χ2v) is 5.49. The molecule has 0 unspecified atom stereocenters. The molecule has 0 N–H and O–H groups in total. The lowest BCUT2D eigenvalue weighted by Gasteiger charge is -2.10. The van der Waals surface area contributed by atoms with Gasteiger partial charge in [0.2, 0.25) is 0 Å². The number of methoxy groups -OCH3 is 1. The van der Waals surface area contributed by atoms with Crippen molar-refractivity contribution < 1.29 is 14.3 Å². The highest BCUT2D eigenvalue weighted by molar-refractivity contribution is 5.70. The summed E-state index contributed by atoms with van der Waals surface area (Å²) >= 11 is 0. The Morgan fingerprint density at radius 2 is 2.00 bits per heavy atom. The summed E-state index contributed by atoms with van der Waals surface area (Å²) in [6.45, 7) is 12.8. The summed E-state index contributed by atoms with van der Waals surface area (Å²) in [6.07, 6.45) is 6.07. The molecule has 0 amide bonds. The lowest BCUT2D eigenvalue weighted by atomic mass is 10.2. The first-order chi connectivity index (χ1) is 12.5. The van der Waals surface area contributed by atoms with E-state index >= 15 is 0 Å². The molecule has 0 aliphatic heterocycles. The minimum Gasteiger partial charge on any atom is -0.482 e. The average molecular weight is 355 g/mol. The summed E-state index contributed by atoms with van der Waals surface area (Å²) in [5, 5.41) is 2.09. The lowest BCUT2D eigenvalue weighted by Crippen LogP contribution is -2.28. The van der Waals surface area contributed by atoms with Crippen LogP contribution in [0.4, 0.5) is 0 Å². The van der Waals surface area contributed by atoms with E-state index in [4.69, 9.17) is 4.74 Å². The molecule has 1 aromatic heterocycles. The third-order valence-corrected chi connectivity index (χ3v) is 3.70. The van der Waals surface area contributed by atoms with E-state index in [0.29, 0.717) is 12.3 Å². The van der Waals surface area contributed by atoms with Gasteiger partial charge in [0.15, 0.2) is 6.61 Å². The molecule has 2 rings (SSSR count). The molecule has 0 spiro atoms. The molecule has 0 fully saturated rings. The van der Waals surface area contributed by atoms with Crippen molar-refractivity contribution in [1.82, 2.24) is 4.57 Å². The van der Waals surface area contributed by atoms with Crippen LogP contribution in [0.25, 0.3) is 12.7 Å². The van der Waals surface area contributed by atoms with Crippen molar-refractivity contribution in [2.24, 2.45) is 0 Å². The highest BCUT2D eigenvalue weighted by Gasteiger charge is 2.05. The zero-order valence-corrected chi connectivity index (χ0v) is 16.4. The summed E-state index contributed by atoms with van der Waals surface area (Å²) in [5.41, 5.74) is 2.24. The van der Waals surface area contributed by atoms with Gasteiger partial charge in [0.05, 0.1) is 7.11 Å². The second-order valence-electron chi connectivity index (χ2n) is 5.49. The van der Waals surface area contributed by atoms with Crippen molar-refractivity contribution >= 4 is 18.6 Å². The van der Waals surface area contributed by atoms with Crippen LogP contribution in [0.3, 0.4) is 0 Å². The van der Waals surface area contributed by atoms with Gasteiger partial charge in [0.1, 0.15) is 5.75 Å². The highest BCUT2D eigenvalue weighted by atomic mass is 16.6. The number of hydrogen-bond acceptors (Lipinski definition) is 3. The van der Waals surface area contributed by atoms with E-state index in [0.717, 1.165) is 21.8 Å². The van der Waals surface area contributed by atoms with Gasteiger partial charge < -0.3 is 14.0 Å². The maximum atomic E-state index is 11.2. The summed E-state index contributed by atoms with van der Waals surface area (Å²) in [7, 11) is 1.34. The standard InChI is InChI=1S/C20H23NO3.C2H6/c1-5-6-10-19-15(2)11-16(3)21(19)13-17-8-7-9-18(12-17)24-14-20(22)23-4;1-2/h5-12H,2,13-14H2,1,3-4H3;1-2H3/b6-5-,19-10+;. The molecule has 0 bridgehead atoms. The van der Waals surface area contributed by atoms with E-state index in [1.54, 1.807) is 0 Å². The third-order valence-electron chi connectivity index (χ3n) is 3.70. The predicted octanol–water partition coefficient (Wildman–Crippen LogP) is 3.19. The van der Waals surface area contributed by atoms with Crippen LogP contribution in [0.2, 0.25) is 0 Å². The SMILES string of the molecule is C=c1cc(C)n(Cc2cccc(OCC(=O)OC)c2)/c1=C/C=C\C.CC. The number of aryl methyl sites for hydroxylation is 1. The Balaban J connectivity index is 0.00000163. The molecular weight excluding hydrogens is 326 g/mol. The maximum absolute atomic E-state index is 11.2. The Morgan fingerprint density at radius 3 is 2.65 bits per heavy atom. The van der Waals surface area contributed by atoms with Crippen molar-refractivity contribution in [3.05, 3.63) is 64.3 Å². The van der Waals surface area contributed by atoms with E-state index in [-0.39, 0.29) is 6.61 Å². The van der Waals surface area contributed by atoms with Crippen LogP contribution >= 0.6 is 0 Å². The Kier molecular flexibility index (Phi) is 8.99. The zero-order valence-electron chi connectivity index (χ0n) is 16.4. The Bertz CT molecular complexity index is 847. The Labute approximate surface area is 156 Å². The highest BCUT2D eigenvalue weighted by Crippen LogP contribution is 2.14. The molecule has 0 aliphatic rings. The summed E-state index contributed by atoms with van der Waals surface area (Å²) in [6, 6.07) is 9.79. The monoisotopic (exact) mass is 355 g/mol. The molecule has 0 aliphatic carbocycles. The first-order valence-electron chi connectivity index (χ1n) is 8.81. The molecule has 1 heterocycles.